The number of hydrogen-bond donors (Lipinski definition) is 1. The quantitative estimate of drug-likeness (QED) is 0.302. The molecule has 0 atom stereocenters. The minimum atomic E-state index is -3.95. The molecule has 3 aromatic rings. The molecule has 0 saturated heterocycles. The van der Waals surface area contributed by atoms with Crippen molar-refractivity contribution in [3.05, 3.63) is 63.0 Å². The molecule has 0 radical (unpaired) electrons. The third-order valence-corrected chi connectivity index (χ3v) is 7.52. The van der Waals surface area contributed by atoms with Gasteiger partial charge in [-0.3, -0.25) is 25.0 Å². The number of sulfone groups is 1. The maximum atomic E-state index is 12.6. The van der Waals surface area contributed by atoms with Crippen molar-refractivity contribution >= 4 is 55.2 Å². The highest BCUT2D eigenvalue weighted by Gasteiger charge is 2.22. The first kappa shape index (κ1) is 21.5. The third kappa shape index (κ3) is 5.25. The molecule has 0 spiro atoms. The van der Waals surface area contributed by atoms with Gasteiger partial charge in [-0.2, -0.15) is 11.3 Å². The van der Waals surface area contributed by atoms with Gasteiger partial charge >= 0.3 is 5.97 Å². The summed E-state index contributed by atoms with van der Waals surface area (Å²) >= 11 is 2.15. The van der Waals surface area contributed by atoms with Crippen LogP contribution in [0.2, 0.25) is 0 Å². The fourth-order valence-electron chi connectivity index (χ4n) is 2.22. The zero-order valence-corrected chi connectivity index (χ0v) is 17.5. The largest absolute Gasteiger partial charge is 0.455 e. The summed E-state index contributed by atoms with van der Waals surface area (Å²) in [5.74, 6) is -1.23. The van der Waals surface area contributed by atoms with E-state index in [1.165, 1.54) is 11.3 Å². The number of nitro groups is 1. The van der Waals surface area contributed by atoms with E-state index in [1.807, 2.05) is 5.38 Å². The summed E-state index contributed by atoms with van der Waals surface area (Å²) in [5.41, 5.74) is 0.547. The van der Waals surface area contributed by atoms with E-state index in [0.717, 1.165) is 36.0 Å². The molecule has 1 aromatic carbocycles. The van der Waals surface area contributed by atoms with E-state index in [9.17, 15) is 28.1 Å². The summed E-state index contributed by atoms with van der Waals surface area (Å²) in [4.78, 5) is 37.4. The van der Waals surface area contributed by atoms with Crippen LogP contribution < -0.4 is 5.32 Å². The van der Waals surface area contributed by atoms with E-state index in [0.29, 0.717) is 11.3 Å². The predicted molar refractivity (Wildman–Crippen MR) is 108 cm³/mol. The molecule has 0 saturated carbocycles. The Balaban J connectivity index is 1.59. The summed E-state index contributed by atoms with van der Waals surface area (Å²) < 4.78 is 29.9. The van der Waals surface area contributed by atoms with Gasteiger partial charge in [0.1, 0.15) is 4.21 Å². The van der Waals surface area contributed by atoms with Crippen LogP contribution >= 0.6 is 22.7 Å². The van der Waals surface area contributed by atoms with Gasteiger partial charge in [-0.05, 0) is 34.5 Å². The van der Waals surface area contributed by atoms with Gasteiger partial charge in [0.05, 0.1) is 22.4 Å². The molecule has 30 heavy (non-hydrogen) atoms. The number of thiazole rings is 1. The van der Waals surface area contributed by atoms with Gasteiger partial charge in [-0.1, -0.05) is 11.3 Å². The van der Waals surface area contributed by atoms with Crippen LogP contribution in [-0.2, 0) is 30.6 Å². The van der Waals surface area contributed by atoms with Crippen LogP contribution in [0.3, 0.4) is 0 Å². The van der Waals surface area contributed by atoms with Gasteiger partial charge in [0.25, 0.3) is 11.6 Å². The molecule has 13 heteroatoms. The van der Waals surface area contributed by atoms with Crippen molar-refractivity contribution in [2.24, 2.45) is 0 Å². The molecule has 0 unspecified atom stereocenters. The smallest absolute Gasteiger partial charge is 0.310 e. The summed E-state index contributed by atoms with van der Waals surface area (Å²) in [6.45, 7) is -0.535. The van der Waals surface area contributed by atoms with E-state index < -0.39 is 33.2 Å². The molecular weight excluding hydrogens is 454 g/mol. The average molecular weight is 468 g/mol. The number of benzene rings is 1. The third-order valence-electron chi connectivity index (χ3n) is 3.65. The Hall–Kier alpha value is -3.16. The monoisotopic (exact) mass is 467 g/mol. The second-order valence-electron chi connectivity index (χ2n) is 5.76. The number of rotatable bonds is 8. The minimum absolute atomic E-state index is 0.00868. The van der Waals surface area contributed by atoms with E-state index in [4.69, 9.17) is 4.74 Å². The van der Waals surface area contributed by atoms with Crippen LogP contribution in [-0.4, -0.2) is 36.8 Å². The molecule has 1 amide bonds. The minimum Gasteiger partial charge on any atom is -0.455 e. The number of nitrogens with zero attached hydrogens (tertiary/aromatic N) is 2. The fourth-order valence-corrected chi connectivity index (χ4v) is 5.33. The van der Waals surface area contributed by atoms with Crippen LogP contribution in [0.5, 0.6) is 0 Å². The molecule has 2 aromatic heterocycles. The predicted octanol–water partition coefficient (Wildman–Crippen LogP) is 2.67. The van der Waals surface area contributed by atoms with Crippen LogP contribution in [0, 0.1) is 10.1 Å². The molecule has 0 fully saturated rings. The maximum absolute atomic E-state index is 12.6. The van der Waals surface area contributed by atoms with Crippen molar-refractivity contribution in [3.63, 3.8) is 0 Å². The standard InChI is InChI=1S/C17H13N3O7S3/c21-14(9-27-15(22)7-11-5-6-28-10-11)19-17-18-8-16(29-17)30(25,26)13-3-1-12(2-4-13)20(23)24/h1-6,8,10H,7,9H2,(H,18,19,21). The highest BCUT2D eigenvalue weighted by atomic mass is 32.2. The van der Waals surface area contributed by atoms with Gasteiger partial charge in [0.2, 0.25) is 9.84 Å². The highest BCUT2D eigenvalue weighted by Crippen LogP contribution is 2.29. The number of non-ortho nitro benzene ring substituents is 1. The zero-order chi connectivity index (χ0) is 21.7. The molecule has 10 nitrogen and oxygen atoms in total. The van der Waals surface area contributed by atoms with E-state index >= 15 is 0 Å². The zero-order valence-electron chi connectivity index (χ0n) is 15.0. The van der Waals surface area contributed by atoms with Gasteiger partial charge in [-0.15, -0.1) is 0 Å². The van der Waals surface area contributed by atoms with Crippen LogP contribution in [0.25, 0.3) is 0 Å². The van der Waals surface area contributed by atoms with Gasteiger partial charge in [-0.25, -0.2) is 13.4 Å². The summed E-state index contributed by atoms with van der Waals surface area (Å²) in [5, 5.41) is 16.7. The summed E-state index contributed by atoms with van der Waals surface area (Å²) in [6.07, 6.45) is 1.12. The lowest BCUT2D eigenvalue weighted by atomic mass is 10.2. The number of anilines is 1. The Morgan fingerprint density at radius 2 is 1.93 bits per heavy atom. The molecule has 0 aliphatic heterocycles. The second-order valence-corrected chi connectivity index (χ2v) is 9.74. The van der Waals surface area contributed by atoms with Crippen molar-refractivity contribution in [2.45, 2.75) is 15.5 Å². The summed E-state index contributed by atoms with van der Waals surface area (Å²) in [6, 6.07) is 6.19. The lowest BCUT2D eigenvalue weighted by Gasteiger charge is -2.04. The lowest BCUT2D eigenvalue weighted by Crippen LogP contribution is -2.21. The van der Waals surface area contributed by atoms with Crippen LogP contribution in [0.15, 0.2) is 56.4 Å². The van der Waals surface area contributed by atoms with Crippen molar-refractivity contribution in [1.29, 1.82) is 0 Å². The molecule has 156 valence electrons. The number of ether oxygens (including phenoxy) is 1. The Morgan fingerprint density at radius 1 is 1.20 bits per heavy atom. The van der Waals surface area contributed by atoms with E-state index in [1.54, 1.807) is 11.4 Å². The highest BCUT2D eigenvalue weighted by molar-refractivity contribution is 7.93. The number of amides is 1. The number of nitro benzene ring substituents is 1. The van der Waals surface area contributed by atoms with Gasteiger partial charge in [0, 0.05) is 12.1 Å². The maximum Gasteiger partial charge on any atom is 0.310 e. The molecule has 0 aliphatic rings. The second kappa shape index (κ2) is 9.11. The Labute approximate surface area is 178 Å². The number of carbonyl (C=O) groups excluding carboxylic acids is 2. The number of hydrogen-bond acceptors (Lipinski definition) is 10. The molecule has 0 bridgehead atoms. The molecule has 3 rings (SSSR count). The SMILES string of the molecule is O=C(COC(=O)Cc1ccsc1)Nc1ncc(S(=O)(=O)c2ccc([N+](=O)[O-])cc2)s1. The molecule has 0 aliphatic carbocycles. The van der Waals surface area contributed by atoms with Crippen molar-refractivity contribution < 1.29 is 27.7 Å². The number of aromatic nitrogens is 1. The van der Waals surface area contributed by atoms with Gasteiger partial charge < -0.3 is 4.74 Å². The van der Waals surface area contributed by atoms with Crippen LogP contribution in [0.1, 0.15) is 5.56 Å². The van der Waals surface area contributed by atoms with Crippen molar-refractivity contribution in [3.8, 4) is 0 Å². The first-order valence-electron chi connectivity index (χ1n) is 8.17. The first-order valence-corrected chi connectivity index (χ1v) is 11.4. The fraction of sp³-hybridized carbons (Fsp3) is 0.118. The molecular formula is C17H13N3O7S3. The first-order chi connectivity index (χ1) is 14.3. The Bertz CT molecular complexity index is 1170. The normalized spacial score (nSPS) is 11.1. The van der Waals surface area contributed by atoms with Gasteiger partial charge in [0.15, 0.2) is 11.7 Å². The molecule has 1 N–H and O–H groups in total. The van der Waals surface area contributed by atoms with Crippen LogP contribution in [0.4, 0.5) is 10.8 Å². The average Bonchev–Trinajstić information content (AvgIpc) is 3.39. The summed E-state index contributed by atoms with van der Waals surface area (Å²) in [7, 11) is -3.95. The lowest BCUT2D eigenvalue weighted by molar-refractivity contribution is -0.384. The Kier molecular flexibility index (Phi) is 6.54. The van der Waals surface area contributed by atoms with Crippen molar-refractivity contribution in [2.75, 3.05) is 11.9 Å². The Morgan fingerprint density at radius 3 is 2.57 bits per heavy atom. The van der Waals surface area contributed by atoms with E-state index in [-0.39, 0.29) is 26.3 Å². The number of thiophene rings is 1. The topological polar surface area (TPSA) is 146 Å². The molecule has 2 heterocycles. The number of carbonyl (C=O) groups is 2. The number of nitrogens with one attached hydrogen (secondary N) is 1. The van der Waals surface area contributed by atoms with E-state index in [2.05, 4.69) is 10.3 Å². The van der Waals surface area contributed by atoms with Crippen molar-refractivity contribution in [1.82, 2.24) is 4.98 Å². The number of esters is 1.